The first-order valence-corrected chi connectivity index (χ1v) is 5.60. The van der Waals surface area contributed by atoms with Gasteiger partial charge in [0.2, 0.25) is 5.91 Å². The van der Waals surface area contributed by atoms with Crippen molar-refractivity contribution in [1.29, 1.82) is 0 Å². The molecule has 0 aliphatic rings. The number of nitrogens with one attached hydrogen (secondary N) is 1. The Balaban J connectivity index is 4.08. The number of carboxylic acid groups (broad SMARTS) is 1. The van der Waals surface area contributed by atoms with E-state index in [0.717, 1.165) is 0 Å². The van der Waals surface area contributed by atoms with Crippen molar-refractivity contribution < 1.29 is 14.7 Å². The smallest absolute Gasteiger partial charge is 0.326 e. The molecule has 0 aromatic heterocycles. The number of nitrogens with two attached hydrogens (primary N) is 1. The average molecular weight is 230 g/mol. The summed E-state index contributed by atoms with van der Waals surface area (Å²) in [5, 5.41) is 11.4. The van der Waals surface area contributed by atoms with Gasteiger partial charge in [-0.3, -0.25) is 4.79 Å². The summed E-state index contributed by atoms with van der Waals surface area (Å²) in [5.41, 5.74) is 5.52. The fourth-order valence-corrected chi connectivity index (χ4v) is 1.32. The molecule has 0 heterocycles. The molecule has 0 bridgehead atoms. The molecule has 0 saturated carbocycles. The maximum atomic E-state index is 11.4. The Kier molecular flexibility index (Phi) is 6.72. The van der Waals surface area contributed by atoms with E-state index < -0.39 is 12.0 Å². The Morgan fingerprint density at radius 2 is 1.88 bits per heavy atom. The zero-order chi connectivity index (χ0) is 12.7. The highest BCUT2D eigenvalue weighted by Crippen LogP contribution is 2.05. The van der Waals surface area contributed by atoms with Gasteiger partial charge >= 0.3 is 5.97 Å². The van der Waals surface area contributed by atoms with Gasteiger partial charge in [0, 0.05) is 12.5 Å². The van der Waals surface area contributed by atoms with Gasteiger partial charge in [0.05, 0.1) is 0 Å². The molecule has 0 aliphatic heterocycles. The normalized spacial score (nSPS) is 14.6. The molecule has 4 N–H and O–H groups in total. The fraction of sp³-hybridized carbons (Fsp3) is 0.818. The minimum atomic E-state index is -0.983. The molecule has 0 saturated heterocycles. The van der Waals surface area contributed by atoms with Gasteiger partial charge in [-0.2, -0.15) is 0 Å². The molecule has 0 aromatic carbocycles. The highest BCUT2D eigenvalue weighted by molar-refractivity contribution is 5.83. The van der Waals surface area contributed by atoms with Crippen LogP contribution in [0.25, 0.3) is 0 Å². The third-order valence-corrected chi connectivity index (χ3v) is 2.17. The third kappa shape index (κ3) is 7.23. The zero-order valence-electron chi connectivity index (χ0n) is 10.2. The van der Waals surface area contributed by atoms with E-state index in [9.17, 15) is 9.59 Å². The summed E-state index contributed by atoms with van der Waals surface area (Å²) in [4.78, 5) is 22.3. The lowest BCUT2D eigenvalue weighted by Gasteiger charge is -2.16. The largest absolute Gasteiger partial charge is 0.480 e. The van der Waals surface area contributed by atoms with E-state index in [-0.39, 0.29) is 24.3 Å². The summed E-state index contributed by atoms with van der Waals surface area (Å²) in [6.07, 6.45) is 1.29. The van der Waals surface area contributed by atoms with E-state index in [0.29, 0.717) is 12.8 Å². The van der Waals surface area contributed by atoms with Gasteiger partial charge in [-0.15, -0.1) is 0 Å². The number of aliphatic carboxylic acids is 1. The molecule has 0 radical (unpaired) electrons. The maximum Gasteiger partial charge on any atom is 0.326 e. The number of carboxylic acids is 1. The number of rotatable bonds is 7. The van der Waals surface area contributed by atoms with Gasteiger partial charge in [-0.25, -0.2) is 4.79 Å². The molecule has 0 aromatic rings. The predicted molar refractivity (Wildman–Crippen MR) is 61.9 cm³/mol. The Morgan fingerprint density at radius 1 is 1.31 bits per heavy atom. The topological polar surface area (TPSA) is 92.4 Å². The standard InChI is InChI=1S/C11H22N2O3/c1-7(2)6-9(11(15)16)13-10(14)5-4-8(3)12/h7-9H,4-6,12H2,1-3H3,(H,13,14)(H,15,16)/t8?,9-/m1/s1. The van der Waals surface area contributed by atoms with Crippen molar-refractivity contribution in [3.8, 4) is 0 Å². The molecule has 1 unspecified atom stereocenters. The first kappa shape index (κ1) is 14.9. The lowest BCUT2D eigenvalue weighted by atomic mass is 10.0. The number of amides is 1. The Morgan fingerprint density at radius 3 is 2.25 bits per heavy atom. The zero-order valence-corrected chi connectivity index (χ0v) is 10.2. The summed E-state index contributed by atoms with van der Waals surface area (Å²) in [7, 11) is 0. The van der Waals surface area contributed by atoms with Crippen LogP contribution in [-0.2, 0) is 9.59 Å². The lowest BCUT2D eigenvalue weighted by molar-refractivity contribution is -0.142. The molecule has 0 spiro atoms. The second-order valence-corrected chi connectivity index (χ2v) is 4.60. The van der Waals surface area contributed by atoms with Crippen molar-refractivity contribution in [2.45, 2.75) is 52.1 Å². The molecule has 0 rings (SSSR count). The SMILES string of the molecule is CC(C)C[C@@H](NC(=O)CCC(C)N)C(=O)O. The highest BCUT2D eigenvalue weighted by Gasteiger charge is 2.20. The van der Waals surface area contributed by atoms with Crippen molar-refractivity contribution in [2.24, 2.45) is 11.7 Å². The van der Waals surface area contributed by atoms with Crippen LogP contribution in [0, 0.1) is 5.92 Å². The van der Waals surface area contributed by atoms with Crippen molar-refractivity contribution in [3.05, 3.63) is 0 Å². The van der Waals surface area contributed by atoms with Crippen molar-refractivity contribution >= 4 is 11.9 Å². The molecule has 2 atom stereocenters. The molecule has 0 fully saturated rings. The minimum absolute atomic E-state index is 0.0425. The summed E-state index contributed by atoms with van der Waals surface area (Å²) >= 11 is 0. The number of carbonyl (C=O) groups is 2. The Bertz CT molecular complexity index is 239. The van der Waals surface area contributed by atoms with Crippen LogP contribution >= 0.6 is 0 Å². The molecule has 5 heteroatoms. The van der Waals surface area contributed by atoms with Crippen molar-refractivity contribution in [1.82, 2.24) is 5.32 Å². The van der Waals surface area contributed by atoms with Crippen LogP contribution in [0.3, 0.4) is 0 Å². The average Bonchev–Trinajstić information content (AvgIpc) is 2.12. The van der Waals surface area contributed by atoms with E-state index in [1.165, 1.54) is 0 Å². The third-order valence-electron chi connectivity index (χ3n) is 2.17. The Hall–Kier alpha value is -1.10. The lowest BCUT2D eigenvalue weighted by Crippen LogP contribution is -2.41. The monoisotopic (exact) mass is 230 g/mol. The second kappa shape index (κ2) is 7.22. The van der Waals surface area contributed by atoms with E-state index >= 15 is 0 Å². The number of hydrogen-bond acceptors (Lipinski definition) is 3. The number of hydrogen-bond donors (Lipinski definition) is 3. The molecule has 94 valence electrons. The molecular formula is C11H22N2O3. The van der Waals surface area contributed by atoms with Crippen LogP contribution < -0.4 is 11.1 Å². The summed E-state index contributed by atoms with van der Waals surface area (Å²) < 4.78 is 0. The summed E-state index contributed by atoms with van der Waals surface area (Å²) in [6, 6.07) is -0.834. The van der Waals surface area contributed by atoms with Gasteiger partial charge in [0.25, 0.3) is 0 Å². The van der Waals surface area contributed by atoms with Crippen LogP contribution in [0.5, 0.6) is 0 Å². The summed E-state index contributed by atoms with van der Waals surface area (Å²) in [6.45, 7) is 5.66. The fourth-order valence-electron chi connectivity index (χ4n) is 1.32. The molecule has 0 aliphatic carbocycles. The van der Waals surface area contributed by atoms with Gasteiger partial charge in [-0.05, 0) is 25.7 Å². The first-order chi connectivity index (χ1) is 7.32. The van der Waals surface area contributed by atoms with Crippen LogP contribution in [0.1, 0.15) is 40.0 Å². The van der Waals surface area contributed by atoms with Crippen LogP contribution in [0.4, 0.5) is 0 Å². The maximum absolute atomic E-state index is 11.4. The molecule has 16 heavy (non-hydrogen) atoms. The first-order valence-electron chi connectivity index (χ1n) is 5.60. The highest BCUT2D eigenvalue weighted by atomic mass is 16.4. The summed E-state index contributed by atoms with van der Waals surface area (Å²) in [5.74, 6) is -0.997. The van der Waals surface area contributed by atoms with Gasteiger partial charge < -0.3 is 16.2 Å². The molecular weight excluding hydrogens is 208 g/mol. The van der Waals surface area contributed by atoms with E-state index in [1.807, 2.05) is 20.8 Å². The van der Waals surface area contributed by atoms with Crippen LogP contribution in [0.15, 0.2) is 0 Å². The van der Waals surface area contributed by atoms with E-state index in [1.54, 1.807) is 0 Å². The van der Waals surface area contributed by atoms with E-state index in [2.05, 4.69) is 5.32 Å². The van der Waals surface area contributed by atoms with Crippen molar-refractivity contribution in [3.63, 3.8) is 0 Å². The number of carbonyl (C=O) groups excluding carboxylic acids is 1. The van der Waals surface area contributed by atoms with Crippen LogP contribution in [-0.4, -0.2) is 29.1 Å². The van der Waals surface area contributed by atoms with Gasteiger partial charge in [0.1, 0.15) is 6.04 Å². The van der Waals surface area contributed by atoms with Gasteiger partial charge in [0.15, 0.2) is 0 Å². The molecule has 1 amide bonds. The van der Waals surface area contributed by atoms with E-state index in [4.69, 9.17) is 10.8 Å². The minimum Gasteiger partial charge on any atom is -0.480 e. The van der Waals surface area contributed by atoms with Crippen molar-refractivity contribution in [2.75, 3.05) is 0 Å². The van der Waals surface area contributed by atoms with Gasteiger partial charge in [-0.1, -0.05) is 13.8 Å². The second-order valence-electron chi connectivity index (χ2n) is 4.60. The predicted octanol–water partition coefficient (Wildman–Crippen LogP) is 0.729. The van der Waals surface area contributed by atoms with Crippen LogP contribution in [0.2, 0.25) is 0 Å². The molecule has 5 nitrogen and oxygen atoms in total. The quantitative estimate of drug-likeness (QED) is 0.601. The Labute approximate surface area is 96.4 Å².